The van der Waals surface area contributed by atoms with E-state index in [-0.39, 0.29) is 12.1 Å². The average molecular weight is 331 g/mol. The number of carbonyl (C=O) groups is 1. The topological polar surface area (TPSA) is 44.8 Å². The Labute approximate surface area is 145 Å². The lowest BCUT2D eigenvalue weighted by Gasteiger charge is -2.37. The van der Waals surface area contributed by atoms with Crippen molar-refractivity contribution in [1.82, 2.24) is 15.1 Å². The van der Waals surface area contributed by atoms with Crippen LogP contribution in [-0.4, -0.2) is 67.8 Å². The van der Waals surface area contributed by atoms with Gasteiger partial charge in [-0.05, 0) is 31.2 Å². The van der Waals surface area contributed by atoms with Gasteiger partial charge in [0.15, 0.2) is 0 Å². The Morgan fingerprint density at radius 1 is 1.29 bits per heavy atom. The van der Waals surface area contributed by atoms with Crippen LogP contribution < -0.4 is 5.32 Å². The third-order valence-electron chi connectivity index (χ3n) is 5.18. The third kappa shape index (κ3) is 4.71. The monoisotopic (exact) mass is 331 g/mol. The van der Waals surface area contributed by atoms with Crippen molar-refractivity contribution in [3.05, 3.63) is 35.9 Å². The van der Waals surface area contributed by atoms with Crippen LogP contribution in [0.15, 0.2) is 30.3 Å². The minimum absolute atomic E-state index is 0.0638. The highest BCUT2D eigenvalue weighted by atomic mass is 16.5. The summed E-state index contributed by atoms with van der Waals surface area (Å²) in [5.41, 5.74) is 1.27. The van der Waals surface area contributed by atoms with E-state index >= 15 is 0 Å². The van der Waals surface area contributed by atoms with E-state index in [4.69, 9.17) is 4.74 Å². The largest absolute Gasteiger partial charge is 0.379 e. The predicted octanol–water partition coefficient (Wildman–Crippen LogP) is 2.12. The van der Waals surface area contributed by atoms with Crippen molar-refractivity contribution in [2.45, 2.75) is 37.8 Å². The Balaban J connectivity index is 1.60. The molecule has 0 radical (unpaired) electrons. The minimum Gasteiger partial charge on any atom is -0.379 e. The maximum Gasteiger partial charge on any atom is 0.317 e. The zero-order valence-electron chi connectivity index (χ0n) is 14.6. The molecule has 5 heteroatoms. The van der Waals surface area contributed by atoms with E-state index in [0.717, 1.165) is 52.1 Å². The number of ether oxygens (including phenoxy) is 1. The molecule has 2 aliphatic rings. The van der Waals surface area contributed by atoms with Crippen LogP contribution in [0.1, 0.15) is 24.8 Å². The number of nitrogens with one attached hydrogen (secondary N) is 1. The lowest BCUT2D eigenvalue weighted by atomic mass is 9.92. The second-order valence-corrected chi connectivity index (χ2v) is 6.94. The molecule has 1 atom stereocenters. The summed E-state index contributed by atoms with van der Waals surface area (Å²) in [4.78, 5) is 16.9. The Morgan fingerprint density at radius 2 is 2.00 bits per heavy atom. The summed E-state index contributed by atoms with van der Waals surface area (Å²) in [6.07, 6.45) is 4.37. The Morgan fingerprint density at radius 3 is 2.62 bits per heavy atom. The first-order valence-corrected chi connectivity index (χ1v) is 9.10. The lowest BCUT2D eigenvalue weighted by molar-refractivity contribution is 0.0336. The second kappa shape index (κ2) is 8.49. The van der Waals surface area contributed by atoms with Crippen molar-refractivity contribution >= 4 is 6.03 Å². The molecule has 24 heavy (non-hydrogen) atoms. The smallest absolute Gasteiger partial charge is 0.317 e. The first kappa shape index (κ1) is 17.2. The molecule has 1 saturated heterocycles. The van der Waals surface area contributed by atoms with Crippen LogP contribution in [0.2, 0.25) is 0 Å². The molecular weight excluding hydrogens is 302 g/mol. The first-order chi connectivity index (χ1) is 11.7. The van der Waals surface area contributed by atoms with E-state index < -0.39 is 0 Å². The quantitative estimate of drug-likeness (QED) is 0.868. The maximum absolute atomic E-state index is 12.6. The molecule has 1 aromatic rings. The lowest BCUT2D eigenvalue weighted by Crippen LogP contribution is -2.53. The molecule has 5 nitrogen and oxygen atoms in total. The summed E-state index contributed by atoms with van der Waals surface area (Å²) in [6.45, 7) is 4.34. The van der Waals surface area contributed by atoms with Gasteiger partial charge in [-0.2, -0.15) is 0 Å². The van der Waals surface area contributed by atoms with E-state index in [1.165, 1.54) is 12.0 Å². The van der Waals surface area contributed by atoms with E-state index in [9.17, 15) is 4.79 Å². The summed E-state index contributed by atoms with van der Waals surface area (Å²) < 4.78 is 5.44. The Hall–Kier alpha value is -1.59. The Kier molecular flexibility index (Phi) is 6.10. The van der Waals surface area contributed by atoms with Crippen LogP contribution in [0.3, 0.4) is 0 Å². The number of benzene rings is 1. The van der Waals surface area contributed by atoms with Gasteiger partial charge in [0.25, 0.3) is 0 Å². The molecular formula is C19H29N3O2. The Bertz CT molecular complexity index is 513. The molecule has 0 spiro atoms. The molecule has 0 aromatic heterocycles. The summed E-state index contributed by atoms with van der Waals surface area (Å²) in [5, 5.41) is 3.27. The van der Waals surface area contributed by atoms with Gasteiger partial charge in [0.05, 0.1) is 13.2 Å². The van der Waals surface area contributed by atoms with Crippen molar-refractivity contribution in [3.8, 4) is 0 Å². The van der Waals surface area contributed by atoms with Crippen molar-refractivity contribution in [2.75, 3.05) is 39.9 Å². The number of carbonyl (C=O) groups excluding carboxylic acids is 1. The maximum atomic E-state index is 12.6. The molecule has 1 N–H and O–H groups in total. The summed E-state index contributed by atoms with van der Waals surface area (Å²) in [6, 6.07) is 11.0. The zero-order chi connectivity index (χ0) is 16.8. The van der Waals surface area contributed by atoms with Crippen molar-refractivity contribution in [2.24, 2.45) is 0 Å². The van der Waals surface area contributed by atoms with Gasteiger partial charge in [0.1, 0.15) is 0 Å². The molecule has 3 rings (SSSR count). The highest BCUT2D eigenvalue weighted by Crippen LogP contribution is 2.23. The molecule has 1 heterocycles. The van der Waals surface area contributed by atoms with Crippen LogP contribution in [0.25, 0.3) is 0 Å². The minimum atomic E-state index is 0.0638. The van der Waals surface area contributed by atoms with Gasteiger partial charge in [0.2, 0.25) is 0 Å². The summed E-state index contributed by atoms with van der Waals surface area (Å²) in [7, 11) is 1.92. The van der Waals surface area contributed by atoms with Gasteiger partial charge in [0, 0.05) is 38.8 Å². The van der Waals surface area contributed by atoms with Crippen molar-refractivity contribution in [3.63, 3.8) is 0 Å². The van der Waals surface area contributed by atoms with Gasteiger partial charge >= 0.3 is 6.03 Å². The number of amides is 2. The number of hydrogen-bond donors (Lipinski definition) is 1. The molecule has 2 amide bonds. The molecule has 0 bridgehead atoms. The molecule has 132 valence electrons. The van der Waals surface area contributed by atoms with Crippen LogP contribution in [0.5, 0.6) is 0 Å². The molecule has 1 saturated carbocycles. The molecule has 1 aliphatic heterocycles. The standard InChI is InChI=1S/C19H29N3O2/c1-21(18-8-5-9-18)19(23)20-17(14-16-6-3-2-4-7-16)15-22-10-12-24-13-11-22/h2-4,6-7,17-18H,5,8-15H2,1H3,(H,20,23)/t17-/m0/s1. The number of urea groups is 1. The molecule has 0 unspecified atom stereocenters. The highest BCUT2D eigenvalue weighted by Gasteiger charge is 2.27. The van der Waals surface area contributed by atoms with Gasteiger partial charge in [-0.3, -0.25) is 4.90 Å². The normalized spacial score (nSPS) is 20.2. The van der Waals surface area contributed by atoms with Crippen molar-refractivity contribution < 1.29 is 9.53 Å². The first-order valence-electron chi connectivity index (χ1n) is 9.10. The van der Waals surface area contributed by atoms with Gasteiger partial charge < -0.3 is 15.0 Å². The van der Waals surface area contributed by atoms with Crippen LogP contribution >= 0.6 is 0 Å². The summed E-state index contributed by atoms with van der Waals surface area (Å²) >= 11 is 0. The molecule has 1 aliphatic carbocycles. The van der Waals surface area contributed by atoms with E-state index in [1.54, 1.807) is 0 Å². The SMILES string of the molecule is CN(C(=O)N[C@@H](Cc1ccccc1)CN1CCOCC1)C1CCC1. The fraction of sp³-hybridized carbons (Fsp3) is 0.632. The molecule has 2 fully saturated rings. The van der Waals surface area contributed by atoms with E-state index in [0.29, 0.717) is 6.04 Å². The number of nitrogens with zero attached hydrogens (tertiary/aromatic N) is 2. The highest BCUT2D eigenvalue weighted by molar-refractivity contribution is 5.74. The fourth-order valence-corrected chi connectivity index (χ4v) is 3.37. The predicted molar refractivity (Wildman–Crippen MR) is 95.1 cm³/mol. The number of hydrogen-bond acceptors (Lipinski definition) is 3. The fourth-order valence-electron chi connectivity index (χ4n) is 3.37. The van der Waals surface area contributed by atoms with E-state index in [1.807, 2.05) is 18.0 Å². The van der Waals surface area contributed by atoms with E-state index in [2.05, 4.69) is 34.5 Å². The third-order valence-corrected chi connectivity index (χ3v) is 5.18. The average Bonchev–Trinajstić information content (AvgIpc) is 2.55. The zero-order valence-corrected chi connectivity index (χ0v) is 14.6. The number of rotatable bonds is 6. The number of morpholine rings is 1. The van der Waals surface area contributed by atoms with Crippen LogP contribution in [-0.2, 0) is 11.2 Å². The van der Waals surface area contributed by atoms with Gasteiger partial charge in [-0.15, -0.1) is 0 Å². The van der Waals surface area contributed by atoms with Crippen LogP contribution in [0.4, 0.5) is 4.79 Å². The van der Waals surface area contributed by atoms with Gasteiger partial charge in [-0.1, -0.05) is 30.3 Å². The second-order valence-electron chi connectivity index (χ2n) is 6.94. The van der Waals surface area contributed by atoms with Crippen molar-refractivity contribution in [1.29, 1.82) is 0 Å². The van der Waals surface area contributed by atoms with Crippen LogP contribution in [0, 0.1) is 0 Å². The summed E-state index contributed by atoms with van der Waals surface area (Å²) in [5.74, 6) is 0. The van der Waals surface area contributed by atoms with Gasteiger partial charge in [-0.25, -0.2) is 4.79 Å². The molecule has 1 aromatic carbocycles.